The van der Waals surface area contributed by atoms with E-state index in [-0.39, 0.29) is 10.8 Å². The van der Waals surface area contributed by atoms with Gasteiger partial charge in [-0.2, -0.15) is 0 Å². The van der Waals surface area contributed by atoms with Crippen LogP contribution in [0.4, 0.5) is 17.1 Å². The van der Waals surface area contributed by atoms with E-state index >= 15 is 0 Å². The molecule has 0 atom stereocenters. The van der Waals surface area contributed by atoms with Crippen molar-refractivity contribution in [3.8, 4) is 33.4 Å². The van der Waals surface area contributed by atoms with Crippen LogP contribution in [0.1, 0.15) is 75.6 Å². The first-order chi connectivity index (χ1) is 25.0. The molecule has 0 aliphatic heterocycles. The maximum Gasteiger partial charge on any atom is 0.0468 e. The third kappa shape index (κ3) is 4.60. The summed E-state index contributed by atoms with van der Waals surface area (Å²) in [5.74, 6) is 0. The van der Waals surface area contributed by atoms with Crippen LogP contribution in [0.3, 0.4) is 0 Å². The summed E-state index contributed by atoms with van der Waals surface area (Å²) in [6, 6.07) is 57.2. The second kappa shape index (κ2) is 12.1. The van der Waals surface area contributed by atoms with E-state index in [4.69, 9.17) is 0 Å². The van der Waals surface area contributed by atoms with E-state index in [2.05, 4.69) is 184 Å². The highest BCUT2D eigenvalue weighted by molar-refractivity contribution is 5.95. The molecule has 1 heteroatoms. The van der Waals surface area contributed by atoms with Crippen LogP contribution in [-0.2, 0) is 10.8 Å². The third-order valence-corrected chi connectivity index (χ3v) is 12.6. The van der Waals surface area contributed by atoms with Crippen LogP contribution in [-0.4, -0.2) is 0 Å². The number of nitrogens with zero attached hydrogens (tertiary/aromatic N) is 1. The van der Waals surface area contributed by atoms with E-state index in [1.807, 2.05) is 0 Å². The standard InChI is InChI=1S/C50H45N/c1-5-49(6-2)45-21-15-14-20-41(45)42-28-26-40(33-48(42)49)51(38-24-22-35(23-25-38)34-16-10-9-11-17-34)39-27-29-46-44(32-39)43-30-36-18-12-13-19-37(36)31-47(43)50(46,7-3)8-4/h9-33H,5-8H2,1-4H3. The number of hydrogen-bond acceptors (Lipinski definition) is 1. The Bertz CT molecular complexity index is 2410. The van der Waals surface area contributed by atoms with Crippen molar-refractivity contribution in [1.29, 1.82) is 0 Å². The van der Waals surface area contributed by atoms with Gasteiger partial charge >= 0.3 is 0 Å². The van der Waals surface area contributed by atoms with Crippen LogP contribution >= 0.6 is 0 Å². The van der Waals surface area contributed by atoms with Gasteiger partial charge in [-0.3, -0.25) is 0 Å². The maximum atomic E-state index is 2.50. The SMILES string of the molecule is CCC1(CC)c2ccccc2-c2ccc(N(c3ccc(-c4ccccc4)cc3)c3ccc4c(c3)-c3cc5ccccc5cc3C4(CC)CC)cc21. The highest BCUT2D eigenvalue weighted by Gasteiger charge is 2.42. The fourth-order valence-electron chi connectivity index (χ4n) is 9.80. The molecule has 0 saturated heterocycles. The molecule has 2 aliphatic rings. The first-order valence-corrected chi connectivity index (χ1v) is 18.9. The van der Waals surface area contributed by atoms with E-state index in [0.717, 1.165) is 31.4 Å². The molecule has 0 amide bonds. The zero-order chi connectivity index (χ0) is 34.7. The van der Waals surface area contributed by atoms with Gasteiger partial charge in [-0.25, -0.2) is 0 Å². The monoisotopic (exact) mass is 659 g/mol. The minimum atomic E-state index is 0.00452. The Morgan fingerprint density at radius 1 is 0.353 bits per heavy atom. The zero-order valence-corrected chi connectivity index (χ0v) is 30.2. The second-order valence-electron chi connectivity index (χ2n) is 14.6. The van der Waals surface area contributed by atoms with Crippen molar-refractivity contribution < 1.29 is 0 Å². The molecular formula is C50H45N. The second-order valence-corrected chi connectivity index (χ2v) is 14.6. The normalized spacial score (nSPS) is 14.5. The lowest BCUT2D eigenvalue weighted by atomic mass is 9.73. The van der Waals surface area contributed by atoms with Crippen LogP contribution in [0.15, 0.2) is 152 Å². The first-order valence-electron chi connectivity index (χ1n) is 18.9. The molecule has 0 radical (unpaired) electrons. The average Bonchev–Trinajstić information content (AvgIpc) is 3.63. The molecule has 0 heterocycles. The highest BCUT2D eigenvalue weighted by atomic mass is 15.1. The summed E-state index contributed by atoms with van der Waals surface area (Å²) >= 11 is 0. The molecule has 7 aromatic carbocycles. The van der Waals surface area contributed by atoms with Gasteiger partial charge in [0.15, 0.2) is 0 Å². The van der Waals surface area contributed by atoms with Gasteiger partial charge in [-0.05, 0) is 141 Å². The van der Waals surface area contributed by atoms with E-state index < -0.39 is 0 Å². The van der Waals surface area contributed by atoms with Crippen LogP contribution in [0, 0.1) is 0 Å². The van der Waals surface area contributed by atoms with Gasteiger partial charge in [0, 0.05) is 27.9 Å². The zero-order valence-electron chi connectivity index (χ0n) is 30.2. The predicted octanol–water partition coefficient (Wildman–Crippen LogP) is 14.1. The van der Waals surface area contributed by atoms with Crippen molar-refractivity contribution in [2.75, 3.05) is 4.90 Å². The molecule has 0 N–H and O–H groups in total. The van der Waals surface area contributed by atoms with Crippen molar-refractivity contribution in [3.05, 3.63) is 174 Å². The Kier molecular flexibility index (Phi) is 7.51. The van der Waals surface area contributed by atoms with Gasteiger partial charge < -0.3 is 4.90 Å². The lowest BCUT2D eigenvalue weighted by Gasteiger charge is -2.32. The average molecular weight is 660 g/mol. The van der Waals surface area contributed by atoms with Crippen molar-refractivity contribution in [1.82, 2.24) is 0 Å². The number of hydrogen-bond donors (Lipinski definition) is 0. The Morgan fingerprint density at radius 3 is 1.55 bits per heavy atom. The van der Waals surface area contributed by atoms with Gasteiger partial charge in [0.2, 0.25) is 0 Å². The van der Waals surface area contributed by atoms with Crippen molar-refractivity contribution in [3.63, 3.8) is 0 Å². The molecule has 2 aliphatic carbocycles. The number of anilines is 3. The topological polar surface area (TPSA) is 3.24 Å². The molecule has 0 saturated carbocycles. The van der Waals surface area contributed by atoms with E-state index in [1.165, 1.54) is 77.8 Å². The summed E-state index contributed by atoms with van der Waals surface area (Å²) in [4.78, 5) is 2.49. The summed E-state index contributed by atoms with van der Waals surface area (Å²) in [7, 11) is 0. The Hall–Kier alpha value is -5.40. The highest BCUT2D eigenvalue weighted by Crippen LogP contribution is 2.56. The summed E-state index contributed by atoms with van der Waals surface area (Å²) < 4.78 is 0. The van der Waals surface area contributed by atoms with E-state index in [9.17, 15) is 0 Å². The summed E-state index contributed by atoms with van der Waals surface area (Å²) in [5, 5.41) is 2.63. The molecule has 0 bridgehead atoms. The molecular weight excluding hydrogens is 615 g/mol. The Labute approximate surface area is 303 Å². The summed E-state index contributed by atoms with van der Waals surface area (Å²) in [5.41, 5.74) is 17.4. The Balaban J connectivity index is 1.25. The molecule has 0 spiro atoms. The quantitative estimate of drug-likeness (QED) is 0.157. The first kappa shape index (κ1) is 31.6. The van der Waals surface area contributed by atoms with E-state index in [0.29, 0.717) is 0 Å². The van der Waals surface area contributed by atoms with Crippen LogP contribution in [0.25, 0.3) is 44.2 Å². The predicted molar refractivity (Wildman–Crippen MR) is 218 cm³/mol. The summed E-state index contributed by atoms with van der Waals surface area (Å²) in [6.07, 6.45) is 4.30. The number of fused-ring (bicyclic) bond motifs is 7. The molecule has 9 rings (SSSR count). The molecule has 1 nitrogen and oxygen atoms in total. The van der Waals surface area contributed by atoms with Gasteiger partial charge in [-0.15, -0.1) is 0 Å². The fourth-order valence-corrected chi connectivity index (χ4v) is 9.80. The molecule has 250 valence electrons. The van der Waals surface area contributed by atoms with Crippen LogP contribution in [0.2, 0.25) is 0 Å². The van der Waals surface area contributed by atoms with Crippen LogP contribution < -0.4 is 4.90 Å². The lowest BCUT2D eigenvalue weighted by molar-refractivity contribution is 0.490. The lowest BCUT2D eigenvalue weighted by Crippen LogP contribution is -2.23. The number of benzene rings is 7. The molecule has 7 aromatic rings. The molecule has 0 fully saturated rings. The van der Waals surface area contributed by atoms with Gasteiger partial charge in [0.05, 0.1) is 0 Å². The summed E-state index contributed by atoms with van der Waals surface area (Å²) in [6.45, 7) is 9.44. The van der Waals surface area contributed by atoms with Crippen LogP contribution in [0.5, 0.6) is 0 Å². The van der Waals surface area contributed by atoms with Gasteiger partial charge in [-0.1, -0.05) is 131 Å². The van der Waals surface area contributed by atoms with Gasteiger partial charge in [0.1, 0.15) is 0 Å². The minimum Gasteiger partial charge on any atom is -0.310 e. The van der Waals surface area contributed by atoms with E-state index in [1.54, 1.807) is 0 Å². The van der Waals surface area contributed by atoms with Crippen molar-refractivity contribution in [2.45, 2.75) is 64.2 Å². The molecule has 51 heavy (non-hydrogen) atoms. The minimum absolute atomic E-state index is 0.00452. The maximum absolute atomic E-state index is 2.50. The van der Waals surface area contributed by atoms with Crippen molar-refractivity contribution in [2.24, 2.45) is 0 Å². The largest absolute Gasteiger partial charge is 0.310 e. The van der Waals surface area contributed by atoms with Gasteiger partial charge in [0.25, 0.3) is 0 Å². The van der Waals surface area contributed by atoms with Crippen molar-refractivity contribution >= 4 is 27.8 Å². The third-order valence-electron chi connectivity index (χ3n) is 12.6. The Morgan fingerprint density at radius 2 is 0.843 bits per heavy atom. The number of rotatable bonds is 8. The fraction of sp³-hybridized carbons (Fsp3) is 0.200. The molecule has 0 aromatic heterocycles. The molecule has 0 unspecified atom stereocenters. The smallest absolute Gasteiger partial charge is 0.0468 e.